The van der Waals surface area contributed by atoms with Crippen molar-refractivity contribution in [2.75, 3.05) is 0 Å². The van der Waals surface area contributed by atoms with Gasteiger partial charge in [0.1, 0.15) is 19.1 Å². The summed E-state index contributed by atoms with van der Waals surface area (Å²) in [5, 5.41) is 4.93. The Hall–Kier alpha value is -4.49. The van der Waals surface area contributed by atoms with Gasteiger partial charge in [-0.15, -0.1) is 0 Å². The number of Topliss-reactive ketones (excluding diaryl/α,β-unsaturated/α-hetero) is 1. The molecule has 49 heavy (non-hydrogen) atoms. The van der Waals surface area contributed by atoms with Crippen LogP contribution in [0.1, 0.15) is 86.6 Å². The standard InChI is InChI=1S/C35H50N2O12/c1-9-21(6)30-31(40)36-25(15-19(2)3)26(38)17-28(39)48-27(16-20(4)5)33(42)46-22(7)29(34(43)47-23(8)32(41)49-30)37-35(44)45-18-24-13-11-10-12-14-24/h10-14,19-23,25,27,29-30H,9,15-18H2,1-8H3,(H,36,40)(H,37,44). The van der Waals surface area contributed by atoms with Crippen molar-refractivity contribution in [3.05, 3.63) is 35.9 Å². The Morgan fingerprint density at radius 3 is 2.08 bits per heavy atom. The average molecular weight is 691 g/mol. The first-order chi connectivity index (χ1) is 23.0. The van der Waals surface area contributed by atoms with E-state index in [0.717, 1.165) is 0 Å². The van der Waals surface area contributed by atoms with Gasteiger partial charge in [-0.25, -0.2) is 19.2 Å². The monoisotopic (exact) mass is 690 g/mol. The molecule has 1 heterocycles. The van der Waals surface area contributed by atoms with E-state index < -0.39 is 90.5 Å². The van der Waals surface area contributed by atoms with E-state index in [1.807, 2.05) is 13.8 Å². The molecule has 2 rings (SSSR count). The number of carbonyl (C=O) groups excluding carboxylic acids is 7. The summed E-state index contributed by atoms with van der Waals surface area (Å²) in [6, 6.07) is 5.90. The summed E-state index contributed by atoms with van der Waals surface area (Å²) in [7, 11) is 0. The predicted octanol–water partition coefficient (Wildman–Crippen LogP) is 3.56. The highest BCUT2D eigenvalue weighted by Crippen LogP contribution is 2.19. The molecule has 272 valence electrons. The highest BCUT2D eigenvalue weighted by atomic mass is 16.6. The lowest BCUT2D eigenvalue weighted by atomic mass is 9.96. The molecule has 1 fully saturated rings. The number of alkyl carbamates (subject to hydrolysis) is 1. The Morgan fingerprint density at radius 2 is 1.49 bits per heavy atom. The van der Waals surface area contributed by atoms with Crippen molar-refractivity contribution in [1.82, 2.24) is 10.6 Å². The average Bonchev–Trinajstić information content (AvgIpc) is 3.03. The van der Waals surface area contributed by atoms with E-state index in [1.165, 1.54) is 13.8 Å². The number of hydrogen-bond acceptors (Lipinski definition) is 12. The normalized spacial score (nSPS) is 25.6. The van der Waals surface area contributed by atoms with Gasteiger partial charge < -0.3 is 34.3 Å². The summed E-state index contributed by atoms with van der Waals surface area (Å²) in [6.45, 7) is 13.0. The molecule has 1 aromatic carbocycles. The van der Waals surface area contributed by atoms with Crippen molar-refractivity contribution in [3.8, 4) is 0 Å². The molecule has 14 nitrogen and oxygen atoms in total. The van der Waals surface area contributed by atoms with Crippen LogP contribution in [-0.4, -0.2) is 78.2 Å². The molecule has 1 aliphatic heterocycles. The summed E-state index contributed by atoms with van der Waals surface area (Å²) in [5.74, 6) is -6.50. The van der Waals surface area contributed by atoms with E-state index in [9.17, 15) is 33.6 Å². The number of nitrogens with one attached hydrogen (secondary N) is 2. The van der Waals surface area contributed by atoms with Gasteiger partial charge in [0, 0.05) is 5.92 Å². The second kappa shape index (κ2) is 19.5. The third kappa shape index (κ3) is 13.5. The number of amides is 2. The van der Waals surface area contributed by atoms with Crippen LogP contribution in [0.4, 0.5) is 4.79 Å². The molecule has 0 saturated carbocycles. The Morgan fingerprint density at radius 1 is 0.857 bits per heavy atom. The first-order valence-corrected chi connectivity index (χ1v) is 16.6. The molecule has 0 radical (unpaired) electrons. The summed E-state index contributed by atoms with van der Waals surface area (Å²) in [6.07, 6.45) is -7.05. The van der Waals surface area contributed by atoms with Gasteiger partial charge >= 0.3 is 30.0 Å². The first-order valence-electron chi connectivity index (χ1n) is 16.6. The molecular weight excluding hydrogens is 640 g/mol. The van der Waals surface area contributed by atoms with E-state index >= 15 is 0 Å². The molecular formula is C35H50N2O12. The van der Waals surface area contributed by atoms with Crippen molar-refractivity contribution >= 4 is 41.7 Å². The van der Waals surface area contributed by atoms with Gasteiger partial charge in [0.15, 0.2) is 30.1 Å². The van der Waals surface area contributed by atoms with Crippen molar-refractivity contribution in [2.45, 2.75) is 124 Å². The minimum absolute atomic E-state index is 0.0127. The third-order valence-electron chi connectivity index (χ3n) is 7.75. The van der Waals surface area contributed by atoms with Gasteiger partial charge in [-0.1, -0.05) is 71.9 Å². The first kappa shape index (κ1) is 40.7. The maximum atomic E-state index is 13.5. The van der Waals surface area contributed by atoms with E-state index in [4.69, 9.17) is 23.7 Å². The van der Waals surface area contributed by atoms with Crippen LogP contribution >= 0.6 is 0 Å². The lowest BCUT2D eigenvalue weighted by molar-refractivity contribution is -0.180. The molecule has 0 spiro atoms. The maximum Gasteiger partial charge on any atom is 0.408 e. The Labute approximate surface area is 287 Å². The van der Waals surface area contributed by atoms with Crippen molar-refractivity contribution < 1.29 is 57.2 Å². The molecule has 7 unspecified atom stereocenters. The van der Waals surface area contributed by atoms with Crippen LogP contribution in [0.5, 0.6) is 0 Å². The number of rotatable bonds is 9. The second-order valence-corrected chi connectivity index (χ2v) is 13.1. The van der Waals surface area contributed by atoms with Crippen molar-refractivity contribution in [2.24, 2.45) is 17.8 Å². The van der Waals surface area contributed by atoms with Crippen molar-refractivity contribution in [3.63, 3.8) is 0 Å². The number of ketones is 1. The summed E-state index contributed by atoms with van der Waals surface area (Å²) in [4.78, 5) is 92.4. The predicted molar refractivity (Wildman–Crippen MR) is 174 cm³/mol. The zero-order chi connectivity index (χ0) is 36.8. The minimum atomic E-state index is -1.69. The van der Waals surface area contributed by atoms with E-state index in [2.05, 4.69) is 10.6 Å². The highest BCUT2D eigenvalue weighted by molar-refractivity contribution is 6.01. The SMILES string of the molecule is CCC(C)C1OC(=O)C(C)OC(=O)C(NC(=O)OCc2ccccc2)C(C)OC(=O)C(CC(C)C)OC(=O)CC(=O)C(CC(C)C)NC1=O. The fraction of sp³-hybridized carbons (Fsp3) is 0.629. The lowest BCUT2D eigenvalue weighted by Crippen LogP contribution is -2.53. The van der Waals surface area contributed by atoms with E-state index in [0.29, 0.717) is 12.0 Å². The van der Waals surface area contributed by atoms with Crippen LogP contribution in [0, 0.1) is 17.8 Å². The molecule has 1 saturated heterocycles. The van der Waals surface area contributed by atoms with Gasteiger partial charge in [-0.2, -0.15) is 0 Å². The number of benzene rings is 1. The Balaban J connectivity index is 2.47. The van der Waals surface area contributed by atoms with Crippen LogP contribution in [-0.2, 0) is 59.1 Å². The largest absolute Gasteiger partial charge is 0.457 e. The molecule has 2 N–H and O–H groups in total. The van der Waals surface area contributed by atoms with Crippen LogP contribution in [0.25, 0.3) is 0 Å². The summed E-state index contributed by atoms with van der Waals surface area (Å²) in [5.41, 5.74) is 0.660. The van der Waals surface area contributed by atoms with Crippen LogP contribution in [0.2, 0.25) is 0 Å². The van der Waals surface area contributed by atoms with Gasteiger partial charge in [0.25, 0.3) is 5.91 Å². The van der Waals surface area contributed by atoms with Gasteiger partial charge in [-0.05, 0) is 50.5 Å². The number of carbonyl (C=O) groups is 7. The molecule has 0 aliphatic carbocycles. The zero-order valence-electron chi connectivity index (χ0n) is 29.5. The Kier molecular flexibility index (Phi) is 16.2. The molecule has 7 atom stereocenters. The number of ether oxygens (including phenoxy) is 5. The highest BCUT2D eigenvalue weighted by Gasteiger charge is 2.39. The fourth-order valence-corrected chi connectivity index (χ4v) is 4.83. The van der Waals surface area contributed by atoms with E-state index in [1.54, 1.807) is 58.0 Å². The van der Waals surface area contributed by atoms with Gasteiger partial charge in [0.05, 0.1) is 6.04 Å². The molecule has 0 aromatic heterocycles. The topological polar surface area (TPSA) is 190 Å². The smallest absolute Gasteiger partial charge is 0.408 e. The zero-order valence-corrected chi connectivity index (χ0v) is 29.5. The minimum Gasteiger partial charge on any atom is -0.457 e. The number of cyclic esters (lactones) is 4. The second-order valence-electron chi connectivity index (χ2n) is 13.1. The third-order valence-corrected chi connectivity index (χ3v) is 7.75. The fourth-order valence-electron chi connectivity index (χ4n) is 4.83. The summed E-state index contributed by atoms with van der Waals surface area (Å²) >= 11 is 0. The van der Waals surface area contributed by atoms with Crippen molar-refractivity contribution in [1.29, 1.82) is 0 Å². The number of esters is 4. The molecule has 2 amide bonds. The van der Waals surface area contributed by atoms with Gasteiger partial charge in [0.2, 0.25) is 0 Å². The number of hydrogen-bond donors (Lipinski definition) is 2. The summed E-state index contributed by atoms with van der Waals surface area (Å²) < 4.78 is 27.0. The molecule has 1 aromatic rings. The maximum absolute atomic E-state index is 13.5. The molecule has 14 heteroatoms. The van der Waals surface area contributed by atoms with Crippen LogP contribution in [0.15, 0.2) is 30.3 Å². The molecule has 0 bridgehead atoms. The van der Waals surface area contributed by atoms with Crippen LogP contribution in [0.3, 0.4) is 0 Å². The lowest BCUT2D eigenvalue weighted by Gasteiger charge is -2.29. The van der Waals surface area contributed by atoms with Crippen LogP contribution < -0.4 is 10.6 Å². The quantitative estimate of drug-likeness (QED) is 0.218. The molecule has 1 aliphatic rings. The van der Waals surface area contributed by atoms with Gasteiger partial charge in [-0.3, -0.25) is 14.4 Å². The van der Waals surface area contributed by atoms with E-state index in [-0.39, 0.29) is 31.3 Å². The Bertz CT molecular complexity index is 1310.